The number of para-hydroxylation sites is 1. The van der Waals surface area contributed by atoms with Crippen LogP contribution in [-0.4, -0.2) is 4.92 Å². The standard InChI is InChI=1S/C21H16N2O2/c22-16-21(18-10-3-1-4-11-18,19-12-5-2-6-13-19)15-17-9-7-8-14-20(17)23(24)25/h1-14H,15H2. The van der Waals surface area contributed by atoms with E-state index in [4.69, 9.17) is 0 Å². The maximum absolute atomic E-state index is 11.4. The summed E-state index contributed by atoms with van der Waals surface area (Å²) in [6, 6.07) is 27.9. The Bertz CT molecular complexity index is 876. The van der Waals surface area contributed by atoms with Gasteiger partial charge in [-0.05, 0) is 11.1 Å². The molecular formula is C21H16N2O2. The fourth-order valence-electron chi connectivity index (χ4n) is 3.11. The predicted molar refractivity (Wildman–Crippen MR) is 96.1 cm³/mol. The number of nitrogens with zero attached hydrogens (tertiary/aromatic N) is 2. The number of nitro benzene ring substituents is 1. The normalized spacial score (nSPS) is 10.8. The summed E-state index contributed by atoms with van der Waals surface area (Å²) in [6.07, 6.45) is 0.231. The zero-order valence-corrected chi connectivity index (χ0v) is 13.5. The SMILES string of the molecule is N#CC(Cc1ccccc1[N+](=O)[O-])(c1ccccc1)c1ccccc1. The predicted octanol–water partition coefficient (Wildman–Crippen LogP) is 4.65. The molecule has 4 heteroatoms. The van der Waals surface area contributed by atoms with Crippen molar-refractivity contribution < 1.29 is 4.92 Å². The molecule has 3 rings (SSSR count). The highest BCUT2D eigenvalue weighted by Crippen LogP contribution is 2.37. The van der Waals surface area contributed by atoms with Crippen LogP contribution in [0.25, 0.3) is 0 Å². The molecule has 3 aromatic carbocycles. The van der Waals surface area contributed by atoms with Crippen LogP contribution in [-0.2, 0) is 11.8 Å². The van der Waals surface area contributed by atoms with Gasteiger partial charge in [-0.2, -0.15) is 5.26 Å². The van der Waals surface area contributed by atoms with Crippen LogP contribution >= 0.6 is 0 Å². The molecule has 0 heterocycles. The average Bonchev–Trinajstić information content (AvgIpc) is 2.68. The van der Waals surface area contributed by atoms with E-state index in [0.717, 1.165) is 11.1 Å². The van der Waals surface area contributed by atoms with E-state index < -0.39 is 10.3 Å². The van der Waals surface area contributed by atoms with Gasteiger partial charge in [0.05, 0.1) is 11.0 Å². The fourth-order valence-corrected chi connectivity index (χ4v) is 3.11. The highest BCUT2D eigenvalue weighted by Gasteiger charge is 2.36. The topological polar surface area (TPSA) is 66.9 Å². The Labute approximate surface area is 146 Å². The van der Waals surface area contributed by atoms with E-state index in [0.29, 0.717) is 5.56 Å². The summed E-state index contributed by atoms with van der Waals surface area (Å²) in [4.78, 5) is 11.0. The van der Waals surface area contributed by atoms with Crippen molar-refractivity contribution in [2.45, 2.75) is 11.8 Å². The van der Waals surface area contributed by atoms with E-state index in [-0.39, 0.29) is 12.1 Å². The summed E-state index contributed by atoms with van der Waals surface area (Å²) in [6.45, 7) is 0. The van der Waals surface area contributed by atoms with E-state index in [1.54, 1.807) is 18.2 Å². The number of hydrogen-bond donors (Lipinski definition) is 0. The third kappa shape index (κ3) is 3.13. The van der Waals surface area contributed by atoms with Gasteiger partial charge < -0.3 is 0 Å². The van der Waals surface area contributed by atoms with Crippen molar-refractivity contribution in [3.63, 3.8) is 0 Å². The van der Waals surface area contributed by atoms with Crippen molar-refractivity contribution in [3.05, 3.63) is 112 Å². The molecule has 0 spiro atoms. The van der Waals surface area contributed by atoms with Gasteiger partial charge in [-0.15, -0.1) is 0 Å². The molecule has 0 saturated carbocycles. The van der Waals surface area contributed by atoms with Crippen LogP contribution in [0.15, 0.2) is 84.9 Å². The summed E-state index contributed by atoms with van der Waals surface area (Å²) in [5, 5.41) is 21.5. The zero-order valence-electron chi connectivity index (χ0n) is 13.5. The number of hydrogen-bond acceptors (Lipinski definition) is 3. The van der Waals surface area contributed by atoms with E-state index >= 15 is 0 Å². The van der Waals surface area contributed by atoms with Gasteiger partial charge in [-0.3, -0.25) is 10.1 Å². The molecule has 0 saturated heterocycles. The van der Waals surface area contributed by atoms with Crippen molar-refractivity contribution >= 4 is 5.69 Å². The molecule has 0 unspecified atom stereocenters. The summed E-state index contributed by atoms with van der Waals surface area (Å²) in [5.41, 5.74) is 1.23. The largest absolute Gasteiger partial charge is 0.272 e. The van der Waals surface area contributed by atoms with Gasteiger partial charge in [-0.25, -0.2) is 0 Å². The third-order valence-electron chi connectivity index (χ3n) is 4.37. The number of nitriles is 1. The summed E-state index contributed by atoms with van der Waals surface area (Å²) < 4.78 is 0. The van der Waals surface area contributed by atoms with Crippen LogP contribution in [0.3, 0.4) is 0 Å². The monoisotopic (exact) mass is 328 g/mol. The molecule has 4 nitrogen and oxygen atoms in total. The molecule has 0 aliphatic rings. The summed E-state index contributed by atoms with van der Waals surface area (Å²) >= 11 is 0. The van der Waals surface area contributed by atoms with Gasteiger partial charge in [0.25, 0.3) is 5.69 Å². The smallest absolute Gasteiger partial charge is 0.258 e. The van der Waals surface area contributed by atoms with Crippen LogP contribution in [0.5, 0.6) is 0 Å². The van der Waals surface area contributed by atoms with Crippen molar-refractivity contribution in [2.75, 3.05) is 0 Å². The lowest BCUT2D eigenvalue weighted by Gasteiger charge is -2.28. The Morgan fingerprint density at radius 3 is 1.80 bits per heavy atom. The van der Waals surface area contributed by atoms with Gasteiger partial charge in [0.2, 0.25) is 0 Å². The first-order valence-corrected chi connectivity index (χ1v) is 7.92. The van der Waals surface area contributed by atoms with Gasteiger partial charge in [0, 0.05) is 18.1 Å². The molecule has 0 aliphatic carbocycles. The second-order valence-corrected chi connectivity index (χ2v) is 5.81. The quantitative estimate of drug-likeness (QED) is 0.506. The second-order valence-electron chi connectivity index (χ2n) is 5.81. The fraction of sp³-hybridized carbons (Fsp3) is 0.0952. The lowest BCUT2D eigenvalue weighted by molar-refractivity contribution is -0.385. The van der Waals surface area contributed by atoms with Crippen molar-refractivity contribution in [2.24, 2.45) is 0 Å². The van der Waals surface area contributed by atoms with Crippen LogP contribution in [0.2, 0.25) is 0 Å². The first-order chi connectivity index (χ1) is 12.2. The molecule has 0 aliphatic heterocycles. The Balaban J connectivity index is 2.20. The van der Waals surface area contributed by atoms with Crippen molar-refractivity contribution in [1.82, 2.24) is 0 Å². The number of nitro groups is 1. The van der Waals surface area contributed by atoms with E-state index in [9.17, 15) is 15.4 Å². The first-order valence-electron chi connectivity index (χ1n) is 7.92. The lowest BCUT2D eigenvalue weighted by atomic mass is 9.71. The van der Waals surface area contributed by atoms with E-state index in [1.165, 1.54) is 6.07 Å². The Morgan fingerprint density at radius 1 is 0.840 bits per heavy atom. The molecule has 0 radical (unpaired) electrons. The van der Waals surface area contributed by atoms with Gasteiger partial charge in [0.1, 0.15) is 5.41 Å². The molecule has 0 amide bonds. The molecule has 3 aromatic rings. The van der Waals surface area contributed by atoms with E-state index in [2.05, 4.69) is 6.07 Å². The highest BCUT2D eigenvalue weighted by atomic mass is 16.6. The lowest BCUT2D eigenvalue weighted by Crippen LogP contribution is -2.29. The molecule has 0 fully saturated rings. The zero-order chi connectivity index (χ0) is 17.7. The average molecular weight is 328 g/mol. The molecule has 0 N–H and O–H groups in total. The molecule has 122 valence electrons. The van der Waals surface area contributed by atoms with Crippen LogP contribution < -0.4 is 0 Å². The molecule has 0 atom stereocenters. The van der Waals surface area contributed by atoms with Crippen LogP contribution in [0, 0.1) is 21.4 Å². The van der Waals surface area contributed by atoms with E-state index in [1.807, 2.05) is 60.7 Å². The molecule has 25 heavy (non-hydrogen) atoms. The molecule has 0 bridgehead atoms. The Kier molecular flexibility index (Phi) is 4.58. The van der Waals surface area contributed by atoms with Gasteiger partial charge >= 0.3 is 0 Å². The number of benzene rings is 3. The van der Waals surface area contributed by atoms with Crippen molar-refractivity contribution in [1.29, 1.82) is 5.26 Å². The second kappa shape index (κ2) is 6.98. The minimum atomic E-state index is -0.991. The van der Waals surface area contributed by atoms with Gasteiger partial charge in [-0.1, -0.05) is 78.9 Å². The maximum atomic E-state index is 11.4. The molecular weight excluding hydrogens is 312 g/mol. The first kappa shape index (κ1) is 16.4. The van der Waals surface area contributed by atoms with Crippen LogP contribution in [0.4, 0.5) is 5.69 Å². The van der Waals surface area contributed by atoms with Gasteiger partial charge in [0.15, 0.2) is 0 Å². The highest BCUT2D eigenvalue weighted by molar-refractivity contribution is 5.51. The minimum Gasteiger partial charge on any atom is -0.258 e. The molecule has 0 aromatic heterocycles. The Morgan fingerprint density at radius 2 is 1.32 bits per heavy atom. The number of rotatable bonds is 5. The summed E-state index contributed by atoms with van der Waals surface area (Å²) in [7, 11) is 0. The third-order valence-corrected chi connectivity index (χ3v) is 4.37. The Hall–Kier alpha value is -3.45. The maximum Gasteiger partial charge on any atom is 0.272 e. The van der Waals surface area contributed by atoms with Crippen LogP contribution in [0.1, 0.15) is 16.7 Å². The van der Waals surface area contributed by atoms with Crippen molar-refractivity contribution in [3.8, 4) is 6.07 Å². The minimum absolute atomic E-state index is 0.0361. The summed E-state index contributed by atoms with van der Waals surface area (Å²) in [5.74, 6) is 0.